The van der Waals surface area contributed by atoms with Gasteiger partial charge in [0.2, 0.25) is 0 Å². The van der Waals surface area contributed by atoms with Crippen molar-refractivity contribution < 1.29 is 19.2 Å². The number of ether oxygens (including phenoxy) is 1. The minimum Gasteiger partial charge on any atom is -0.449 e. The number of hydrogen-bond acceptors (Lipinski definition) is 6. The average Bonchev–Trinajstić information content (AvgIpc) is 2.65. The first-order valence-electron chi connectivity index (χ1n) is 9.11. The molecule has 0 saturated heterocycles. The maximum absolute atomic E-state index is 13.0. The minimum absolute atomic E-state index is 0.0391. The highest BCUT2D eigenvalue weighted by atomic mass is 16.6. The lowest BCUT2D eigenvalue weighted by Gasteiger charge is -2.37. The summed E-state index contributed by atoms with van der Waals surface area (Å²) in [6, 6.07) is 13.0. The monoisotopic (exact) mass is 399 g/mol. The van der Waals surface area contributed by atoms with Gasteiger partial charge < -0.3 is 15.4 Å². The molecule has 0 radical (unpaired) electrons. The minimum atomic E-state index is -1.09. The number of nitro benzene ring substituents is 1. The number of rotatable bonds is 6. The molecule has 154 valence electrons. The highest BCUT2D eigenvalue weighted by Crippen LogP contribution is 2.23. The van der Waals surface area contributed by atoms with E-state index in [1.807, 2.05) is 51.1 Å². The van der Waals surface area contributed by atoms with Crippen LogP contribution in [0.1, 0.15) is 43.6 Å². The number of carbonyl (C=O) groups excluding carboxylic acids is 2. The van der Waals surface area contributed by atoms with E-state index in [0.29, 0.717) is 6.54 Å². The van der Waals surface area contributed by atoms with E-state index in [4.69, 9.17) is 10.5 Å². The Balaban J connectivity index is 2.20. The summed E-state index contributed by atoms with van der Waals surface area (Å²) in [5.41, 5.74) is 5.78. The highest BCUT2D eigenvalue weighted by molar-refractivity contribution is 5.97. The van der Waals surface area contributed by atoms with E-state index in [-0.39, 0.29) is 22.8 Å². The summed E-state index contributed by atoms with van der Waals surface area (Å²) in [5, 5.41) is 10.9. The van der Waals surface area contributed by atoms with Gasteiger partial charge in [-0.05, 0) is 39.3 Å². The molecule has 0 spiro atoms. The van der Waals surface area contributed by atoms with Crippen LogP contribution < -0.4 is 5.73 Å². The molecule has 0 unspecified atom stereocenters. The van der Waals surface area contributed by atoms with Crippen LogP contribution in [0.15, 0.2) is 48.5 Å². The quantitative estimate of drug-likeness (QED) is 0.344. The molecule has 0 aliphatic carbocycles. The van der Waals surface area contributed by atoms with Gasteiger partial charge in [0, 0.05) is 29.9 Å². The molecule has 0 aromatic heterocycles. The molecule has 29 heavy (non-hydrogen) atoms. The van der Waals surface area contributed by atoms with E-state index < -0.39 is 22.5 Å². The summed E-state index contributed by atoms with van der Waals surface area (Å²) in [7, 11) is 0. The van der Waals surface area contributed by atoms with Crippen molar-refractivity contribution in [1.29, 1.82) is 0 Å². The van der Waals surface area contributed by atoms with E-state index >= 15 is 0 Å². The molecular weight excluding hydrogens is 374 g/mol. The zero-order valence-corrected chi connectivity index (χ0v) is 16.9. The lowest BCUT2D eigenvalue weighted by molar-refractivity contribution is -0.384. The second-order valence-electron chi connectivity index (χ2n) is 7.66. The van der Waals surface area contributed by atoms with E-state index in [2.05, 4.69) is 0 Å². The molecule has 0 heterocycles. The maximum atomic E-state index is 13.0. The molecule has 2 N–H and O–H groups in total. The zero-order valence-electron chi connectivity index (χ0n) is 16.9. The molecule has 8 nitrogen and oxygen atoms in total. The standard InChI is InChI=1S/C21H25N3O5/c1-14(29-20(26)17-12-16(24(27)28)10-11-18(17)22)19(25)23(21(2,3)4)13-15-8-6-5-7-9-15/h5-12,14H,13,22H2,1-4H3/t14-/m0/s1. The maximum Gasteiger partial charge on any atom is 0.341 e. The molecule has 0 aliphatic rings. The predicted molar refractivity (Wildman–Crippen MR) is 109 cm³/mol. The number of anilines is 1. The number of esters is 1. The van der Waals surface area contributed by atoms with Crippen molar-refractivity contribution in [2.45, 2.75) is 45.9 Å². The van der Waals surface area contributed by atoms with Crippen LogP contribution in [0.25, 0.3) is 0 Å². The number of hydrogen-bond donors (Lipinski definition) is 1. The third-order valence-corrected chi connectivity index (χ3v) is 4.36. The summed E-state index contributed by atoms with van der Waals surface area (Å²) in [6.45, 7) is 7.49. The van der Waals surface area contributed by atoms with Gasteiger partial charge in [-0.3, -0.25) is 14.9 Å². The van der Waals surface area contributed by atoms with Gasteiger partial charge in [0.05, 0.1) is 10.5 Å². The molecule has 0 bridgehead atoms. The van der Waals surface area contributed by atoms with Crippen LogP contribution in [0.5, 0.6) is 0 Å². The fourth-order valence-corrected chi connectivity index (χ4v) is 2.74. The molecule has 0 saturated carbocycles. The van der Waals surface area contributed by atoms with Crippen molar-refractivity contribution >= 4 is 23.3 Å². The molecule has 0 fully saturated rings. The number of non-ortho nitro benzene ring substituents is 1. The lowest BCUT2D eigenvalue weighted by Crippen LogP contribution is -2.49. The van der Waals surface area contributed by atoms with Crippen LogP contribution in [0.4, 0.5) is 11.4 Å². The molecule has 1 amide bonds. The van der Waals surface area contributed by atoms with Crippen LogP contribution in [0.2, 0.25) is 0 Å². The second-order valence-corrected chi connectivity index (χ2v) is 7.66. The Morgan fingerprint density at radius 3 is 2.34 bits per heavy atom. The van der Waals surface area contributed by atoms with Crippen LogP contribution in [0.3, 0.4) is 0 Å². The first kappa shape index (κ1) is 21.9. The first-order valence-corrected chi connectivity index (χ1v) is 9.11. The number of benzene rings is 2. The fraction of sp³-hybridized carbons (Fsp3) is 0.333. The smallest absolute Gasteiger partial charge is 0.341 e. The molecule has 8 heteroatoms. The zero-order chi connectivity index (χ0) is 21.8. The van der Waals surface area contributed by atoms with Crippen molar-refractivity contribution in [2.24, 2.45) is 0 Å². The van der Waals surface area contributed by atoms with Crippen molar-refractivity contribution in [1.82, 2.24) is 4.90 Å². The first-order chi connectivity index (χ1) is 13.5. The summed E-state index contributed by atoms with van der Waals surface area (Å²) < 4.78 is 5.29. The summed E-state index contributed by atoms with van der Waals surface area (Å²) in [6.07, 6.45) is -1.09. The van der Waals surface area contributed by atoms with E-state index in [0.717, 1.165) is 11.6 Å². The third-order valence-electron chi connectivity index (χ3n) is 4.36. The Hall–Kier alpha value is -3.42. The van der Waals surface area contributed by atoms with E-state index in [1.165, 1.54) is 19.1 Å². The lowest BCUT2D eigenvalue weighted by atomic mass is 10.0. The molecule has 1 atom stereocenters. The number of nitro groups is 1. The van der Waals surface area contributed by atoms with Gasteiger partial charge in [0.25, 0.3) is 11.6 Å². The largest absolute Gasteiger partial charge is 0.449 e. The van der Waals surface area contributed by atoms with Gasteiger partial charge in [-0.25, -0.2) is 4.79 Å². The van der Waals surface area contributed by atoms with Gasteiger partial charge in [0.1, 0.15) is 0 Å². The van der Waals surface area contributed by atoms with Gasteiger partial charge in [-0.1, -0.05) is 30.3 Å². The number of nitrogen functional groups attached to an aromatic ring is 1. The van der Waals surface area contributed by atoms with Crippen LogP contribution in [-0.4, -0.2) is 33.3 Å². The predicted octanol–water partition coefficient (Wildman–Crippen LogP) is 3.55. The van der Waals surface area contributed by atoms with Crippen LogP contribution in [0, 0.1) is 10.1 Å². The Bertz CT molecular complexity index is 906. The number of nitrogens with zero attached hydrogens (tertiary/aromatic N) is 2. The molecule has 2 aromatic carbocycles. The summed E-state index contributed by atoms with van der Waals surface area (Å²) in [4.78, 5) is 37.5. The SMILES string of the molecule is C[C@H](OC(=O)c1cc([N+](=O)[O-])ccc1N)C(=O)N(Cc1ccccc1)C(C)(C)C. The van der Waals surface area contributed by atoms with E-state index in [1.54, 1.807) is 4.90 Å². The van der Waals surface area contributed by atoms with Crippen LogP contribution in [-0.2, 0) is 16.1 Å². The Labute approximate surface area is 169 Å². The molecule has 0 aliphatic heterocycles. The van der Waals surface area contributed by atoms with Gasteiger partial charge in [-0.2, -0.15) is 0 Å². The Morgan fingerprint density at radius 1 is 1.17 bits per heavy atom. The average molecular weight is 399 g/mol. The van der Waals surface area contributed by atoms with Gasteiger partial charge >= 0.3 is 5.97 Å². The summed E-state index contributed by atoms with van der Waals surface area (Å²) in [5.74, 6) is -1.26. The molecular formula is C21H25N3O5. The fourth-order valence-electron chi connectivity index (χ4n) is 2.74. The number of nitrogens with two attached hydrogens (primary N) is 1. The molecule has 2 aromatic rings. The Kier molecular flexibility index (Phi) is 6.58. The van der Waals surface area contributed by atoms with Gasteiger partial charge in [-0.15, -0.1) is 0 Å². The topological polar surface area (TPSA) is 116 Å². The Morgan fingerprint density at radius 2 is 1.79 bits per heavy atom. The van der Waals surface area contributed by atoms with Crippen molar-refractivity contribution in [3.8, 4) is 0 Å². The van der Waals surface area contributed by atoms with Crippen LogP contribution >= 0.6 is 0 Å². The third kappa shape index (κ3) is 5.54. The molecule has 2 rings (SSSR count). The van der Waals surface area contributed by atoms with Gasteiger partial charge in [0.15, 0.2) is 6.10 Å². The number of carbonyl (C=O) groups is 2. The highest BCUT2D eigenvalue weighted by Gasteiger charge is 2.32. The normalized spacial score (nSPS) is 12.1. The van der Waals surface area contributed by atoms with E-state index in [9.17, 15) is 19.7 Å². The van der Waals surface area contributed by atoms with Crippen molar-refractivity contribution in [2.75, 3.05) is 5.73 Å². The number of amides is 1. The second kappa shape index (κ2) is 8.72. The summed E-state index contributed by atoms with van der Waals surface area (Å²) >= 11 is 0. The van der Waals surface area contributed by atoms with Crippen molar-refractivity contribution in [3.05, 3.63) is 69.8 Å². The van der Waals surface area contributed by atoms with Crippen molar-refractivity contribution in [3.63, 3.8) is 0 Å².